The van der Waals surface area contributed by atoms with E-state index in [1.165, 1.54) is 55.5 Å². The molecule has 8 nitrogen and oxygen atoms in total. The normalized spacial score (nSPS) is 12.9. The molecule has 2 rings (SSSR count). The molecular weight excluding hydrogens is 438 g/mol. The highest BCUT2D eigenvalue weighted by Gasteiger charge is 2.22. The van der Waals surface area contributed by atoms with Gasteiger partial charge in [-0.2, -0.15) is 4.72 Å². The van der Waals surface area contributed by atoms with Gasteiger partial charge in [-0.3, -0.25) is 9.52 Å². The molecule has 0 aliphatic rings. The van der Waals surface area contributed by atoms with Crippen LogP contribution < -0.4 is 14.8 Å². The van der Waals surface area contributed by atoms with E-state index in [1.54, 1.807) is 6.92 Å². The number of benzene rings is 2. The average Bonchev–Trinajstić information content (AvgIpc) is 2.63. The van der Waals surface area contributed by atoms with Crippen LogP contribution in [-0.2, 0) is 24.8 Å². The first kappa shape index (κ1) is 23.1. The van der Waals surface area contributed by atoms with Crippen molar-refractivity contribution in [1.29, 1.82) is 0 Å². The van der Waals surface area contributed by atoms with Crippen molar-refractivity contribution in [3.63, 3.8) is 0 Å². The van der Waals surface area contributed by atoms with Crippen LogP contribution in [0.2, 0.25) is 5.02 Å². The SMILES string of the molecule is CCCS(=O)(=O)Nc1ccc(NC(=O)[C@H](C)NS(=O)(=O)c2ccc(Cl)cc2)cc1. The Kier molecular flexibility index (Phi) is 7.64. The number of nitrogens with one attached hydrogen (secondary N) is 3. The van der Waals surface area contributed by atoms with E-state index in [1.807, 2.05) is 0 Å². The molecule has 1 atom stereocenters. The lowest BCUT2D eigenvalue weighted by molar-refractivity contribution is -0.117. The van der Waals surface area contributed by atoms with Gasteiger partial charge in [0.05, 0.1) is 16.7 Å². The van der Waals surface area contributed by atoms with Crippen molar-refractivity contribution in [2.45, 2.75) is 31.2 Å². The fraction of sp³-hybridized carbons (Fsp3) is 0.278. The van der Waals surface area contributed by atoms with E-state index in [0.29, 0.717) is 22.8 Å². The predicted molar refractivity (Wildman–Crippen MR) is 114 cm³/mol. The number of sulfonamides is 2. The fourth-order valence-corrected chi connectivity index (χ4v) is 4.80. The number of halogens is 1. The van der Waals surface area contributed by atoms with Gasteiger partial charge in [0.25, 0.3) is 0 Å². The second-order valence-electron chi connectivity index (χ2n) is 6.28. The third-order valence-corrected chi connectivity index (χ3v) is 7.05. The summed E-state index contributed by atoms with van der Waals surface area (Å²) in [6, 6.07) is 10.6. The first-order valence-electron chi connectivity index (χ1n) is 8.72. The Labute approximate surface area is 175 Å². The zero-order chi connectivity index (χ0) is 21.7. The van der Waals surface area contributed by atoms with Gasteiger partial charge in [0.2, 0.25) is 26.0 Å². The summed E-state index contributed by atoms with van der Waals surface area (Å²) in [5.41, 5.74) is 0.763. The zero-order valence-electron chi connectivity index (χ0n) is 15.8. The molecule has 11 heteroatoms. The molecular formula is C18H22ClN3O5S2. The maximum absolute atomic E-state index is 12.3. The summed E-state index contributed by atoms with van der Waals surface area (Å²) in [6.07, 6.45) is 0.493. The minimum absolute atomic E-state index is 0.00901. The standard InChI is InChI=1S/C18H22ClN3O5S2/c1-3-12-28(24,25)22-16-8-6-15(7-9-16)20-18(23)13(2)21-29(26,27)17-10-4-14(19)5-11-17/h4-11,13,21-22H,3,12H2,1-2H3,(H,20,23)/t13-/m0/s1. The van der Waals surface area contributed by atoms with E-state index in [0.717, 1.165) is 0 Å². The molecule has 0 saturated heterocycles. The molecule has 0 bridgehead atoms. The van der Waals surface area contributed by atoms with Gasteiger partial charge in [-0.05, 0) is 61.9 Å². The van der Waals surface area contributed by atoms with Gasteiger partial charge < -0.3 is 5.32 Å². The molecule has 0 spiro atoms. The summed E-state index contributed by atoms with van der Waals surface area (Å²) in [5.74, 6) is -0.557. The Morgan fingerprint density at radius 1 is 0.966 bits per heavy atom. The molecule has 0 saturated carbocycles. The van der Waals surface area contributed by atoms with E-state index in [4.69, 9.17) is 11.6 Å². The van der Waals surface area contributed by atoms with E-state index in [9.17, 15) is 21.6 Å². The summed E-state index contributed by atoms with van der Waals surface area (Å²) in [7, 11) is -7.30. The lowest BCUT2D eigenvalue weighted by atomic mass is 10.2. The van der Waals surface area contributed by atoms with Crippen LogP contribution in [0, 0.1) is 0 Å². The van der Waals surface area contributed by atoms with Crippen LogP contribution in [0.5, 0.6) is 0 Å². The van der Waals surface area contributed by atoms with Crippen LogP contribution in [0.15, 0.2) is 53.4 Å². The monoisotopic (exact) mass is 459 g/mol. The van der Waals surface area contributed by atoms with Crippen LogP contribution in [-0.4, -0.2) is 34.5 Å². The van der Waals surface area contributed by atoms with Crippen molar-refractivity contribution in [3.05, 3.63) is 53.6 Å². The highest BCUT2D eigenvalue weighted by Crippen LogP contribution is 2.17. The Morgan fingerprint density at radius 2 is 1.52 bits per heavy atom. The largest absolute Gasteiger partial charge is 0.325 e. The zero-order valence-corrected chi connectivity index (χ0v) is 18.2. The van der Waals surface area contributed by atoms with Gasteiger partial charge in [-0.1, -0.05) is 18.5 Å². The van der Waals surface area contributed by atoms with Crippen molar-refractivity contribution >= 4 is 48.9 Å². The van der Waals surface area contributed by atoms with Crippen LogP contribution in [0.3, 0.4) is 0 Å². The first-order chi connectivity index (χ1) is 13.5. The Hall–Kier alpha value is -2.14. The smallest absolute Gasteiger partial charge is 0.242 e. The highest BCUT2D eigenvalue weighted by molar-refractivity contribution is 7.92. The molecule has 0 aliphatic carbocycles. The Balaban J connectivity index is 1.99. The van der Waals surface area contributed by atoms with E-state index >= 15 is 0 Å². The van der Waals surface area contributed by atoms with Gasteiger partial charge in [0, 0.05) is 16.4 Å². The fourth-order valence-electron chi connectivity index (χ4n) is 2.34. The molecule has 0 radical (unpaired) electrons. The molecule has 1 amide bonds. The number of carbonyl (C=O) groups excluding carboxylic acids is 1. The summed E-state index contributed by atoms with van der Waals surface area (Å²) in [4.78, 5) is 12.3. The van der Waals surface area contributed by atoms with E-state index in [-0.39, 0.29) is 10.6 Å². The number of carbonyl (C=O) groups is 1. The summed E-state index contributed by atoms with van der Waals surface area (Å²) in [6.45, 7) is 3.18. The third-order valence-electron chi connectivity index (χ3n) is 3.75. The lowest BCUT2D eigenvalue weighted by Crippen LogP contribution is -2.41. The van der Waals surface area contributed by atoms with Gasteiger partial charge in [0.15, 0.2) is 0 Å². The second kappa shape index (κ2) is 9.57. The van der Waals surface area contributed by atoms with E-state index in [2.05, 4.69) is 14.8 Å². The molecule has 29 heavy (non-hydrogen) atoms. The van der Waals surface area contributed by atoms with Crippen molar-refractivity contribution in [3.8, 4) is 0 Å². The minimum Gasteiger partial charge on any atom is -0.325 e. The maximum Gasteiger partial charge on any atom is 0.242 e. The minimum atomic E-state index is -3.89. The van der Waals surface area contributed by atoms with Gasteiger partial charge in [-0.15, -0.1) is 0 Å². The van der Waals surface area contributed by atoms with Crippen molar-refractivity contribution in [1.82, 2.24) is 4.72 Å². The molecule has 158 valence electrons. The van der Waals surface area contributed by atoms with Gasteiger partial charge in [-0.25, -0.2) is 16.8 Å². The van der Waals surface area contributed by atoms with Crippen LogP contribution in [0.4, 0.5) is 11.4 Å². The molecule has 0 aliphatic heterocycles. The molecule has 2 aromatic carbocycles. The van der Waals surface area contributed by atoms with Crippen LogP contribution in [0.25, 0.3) is 0 Å². The Morgan fingerprint density at radius 3 is 2.07 bits per heavy atom. The van der Waals surface area contributed by atoms with Crippen molar-refractivity contribution in [2.75, 3.05) is 15.8 Å². The molecule has 3 N–H and O–H groups in total. The van der Waals surface area contributed by atoms with Crippen molar-refractivity contribution < 1.29 is 21.6 Å². The number of hydrogen-bond acceptors (Lipinski definition) is 5. The Bertz CT molecular complexity index is 1050. The molecule has 0 unspecified atom stereocenters. The molecule has 2 aromatic rings. The molecule has 0 heterocycles. The maximum atomic E-state index is 12.3. The average molecular weight is 460 g/mol. The summed E-state index contributed by atoms with van der Waals surface area (Å²) >= 11 is 5.75. The highest BCUT2D eigenvalue weighted by atomic mass is 35.5. The number of anilines is 2. The topological polar surface area (TPSA) is 121 Å². The van der Waals surface area contributed by atoms with Crippen LogP contribution >= 0.6 is 11.6 Å². The number of amides is 1. The first-order valence-corrected chi connectivity index (χ1v) is 12.2. The predicted octanol–water partition coefficient (Wildman–Crippen LogP) is 2.80. The molecule has 0 fully saturated rings. The quantitative estimate of drug-likeness (QED) is 0.532. The summed E-state index contributed by atoms with van der Waals surface area (Å²) in [5, 5.41) is 2.97. The number of hydrogen-bond donors (Lipinski definition) is 3. The van der Waals surface area contributed by atoms with Gasteiger partial charge in [0.1, 0.15) is 0 Å². The molecule has 0 aromatic heterocycles. The summed E-state index contributed by atoms with van der Waals surface area (Å²) < 4.78 is 52.9. The van der Waals surface area contributed by atoms with Crippen molar-refractivity contribution in [2.24, 2.45) is 0 Å². The van der Waals surface area contributed by atoms with Crippen LogP contribution in [0.1, 0.15) is 20.3 Å². The van der Waals surface area contributed by atoms with E-state index < -0.39 is 32.0 Å². The number of rotatable bonds is 9. The van der Waals surface area contributed by atoms with Gasteiger partial charge >= 0.3 is 0 Å². The second-order valence-corrected chi connectivity index (χ2v) is 10.3. The lowest BCUT2D eigenvalue weighted by Gasteiger charge is -2.15. The third kappa shape index (κ3) is 7.00.